The summed E-state index contributed by atoms with van der Waals surface area (Å²) in [5, 5.41) is 0. The van der Waals surface area contributed by atoms with Gasteiger partial charge in [-0.25, -0.2) is 4.39 Å². The number of pyridine rings is 1. The molecule has 3 rings (SSSR count). The Kier molecular flexibility index (Phi) is 10.6. The molecule has 0 saturated carbocycles. The summed E-state index contributed by atoms with van der Waals surface area (Å²) in [4.78, 5) is 4.64. The summed E-state index contributed by atoms with van der Waals surface area (Å²) in [7, 11) is 0. The van der Waals surface area contributed by atoms with Crippen molar-refractivity contribution in [2.75, 3.05) is 6.61 Å². The number of ether oxygens (including phenoxy) is 1. The Morgan fingerprint density at radius 3 is 2.36 bits per heavy atom. The van der Waals surface area contributed by atoms with Crippen LogP contribution < -0.4 is 4.74 Å². The van der Waals surface area contributed by atoms with Crippen molar-refractivity contribution in [2.24, 2.45) is 0 Å². The van der Waals surface area contributed by atoms with E-state index in [0.29, 0.717) is 18.6 Å². The van der Waals surface area contributed by atoms with Gasteiger partial charge in [-0.2, -0.15) is 4.39 Å². The first kappa shape index (κ1) is 25.6. The molecule has 1 heterocycles. The molecule has 33 heavy (non-hydrogen) atoms. The van der Waals surface area contributed by atoms with Crippen LogP contribution in [0.2, 0.25) is 0 Å². The first-order valence-corrected chi connectivity index (χ1v) is 13.2. The number of hydrogen-bond acceptors (Lipinski definition) is 2. The van der Waals surface area contributed by atoms with E-state index in [1.807, 2.05) is 6.20 Å². The van der Waals surface area contributed by atoms with Crippen LogP contribution in [0.1, 0.15) is 113 Å². The lowest BCUT2D eigenvalue weighted by molar-refractivity contribution is 0.283. The lowest BCUT2D eigenvalue weighted by Gasteiger charge is -2.26. The zero-order valence-electron chi connectivity index (χ0n) is 20.6. The van der Waals surface area contributed by atoms with E-state index in [-0.39, 0.29) is 11.7 Å². The van der Waals surface area contributed by atoms with Gasteiger partial charge in [0.05, 0.1) is 6.61 Å². The van der Waals surface area contributed by atoms with Gasteiger partial charge in [0.15, 0.2) is 11.6 Å². The van der Waals surface area contributed by atoms with Crippen LogP contribution in [0.3, 0.4) is 0 Å². The van der Waals surface area contributed by atoms with Crippen LogP contribution in [0, 0.1) is 11.6 Å². The first-order chi connectivity index (χ1) is 16.1. The van der Waals surface area contributed by atoms with Crippen LogP contribution >= 0.6 is 0 Å². The van der Waals surface area contributed by atoms with Gasteiger partial charge in [-0.05, 0) is 73.3 Å². The summed E-state index contributed by atoms with van der Waals surface area (Å²) in [6.45, 7) is 4.86. The molecule has 1 aromatic carbocycles. The average molecular weight is 458 g/mol. The highest BCUT2D eigenvalue weighted by Crippen LogP contribution is 2.37. The molecule has 0 N–H and O–H groups in total. The number of nitrogens with zero attached hydrogens (tertiary/aromatic N) is 1. The van der Waals surface area contributed by atoms with Crippen molar-refractivity contribution in [2.45, 2.75) is 110 Å². The lowest BCUT2D eigenvalue weighted by Crippen LogP contribution is -2.16. The molecule has 2 nitrogen and oxygen atoms in total. The van der Waals surface area contributed by atoms with Crippen molar-refractivity contribution in [1.29, 1.82) is 0 Å². The molecular formula is C29H41F2NO. The van der Waals surface area contributed by atoms with Crippen molar-refractivity contribution in [1.82, 2.24) is 4.98 Å². The zero-order chi connectivity index (χ0) is 23.5. The van der Waals surface area contributed by atoms with E-state index in [0.717, 1.165) is 48.9 Å². The third-order valence-electron chi connectivity index (χ3n) is 6.94. The van der Waals surface area contributed by atoms with Crippen molar-refractivity contribution in [3.05, 3.63) is 58.4 Å². The zero-order valence-corrected chi connectivity index (χ0v) is 20.6. The third kappa shape index (κ3) is 7.52. The minimum Gasteiger partial charge on any atom is -0.490 e. The number of fused-ring (bicyclic) bond motifs is 1. The maximum atomic E-state index is 14.9. The molecule has 1 unspecified atom stereocenters. The van der Waals surface area contributed by atoms with Crippen LogP contribution in [0.4, 0.5) is 8.78 Å². The summed E-state index contributed by atoms with van der Waals surface area (Å²) in [6, 6.07) is 5.97. The molecular weight excluding hydrogens is 416 g/mol. The Balaban J connectivity index is 1.55. The number of unbranched alkanes of at least 4 members (excludes halogenated alkanes) is 8. The molecule has 0 bridgehead atoms. The second-order valence-electron chi connectivity index (χ2n) is 9.59. The molecule has 1 aromatic heterocycles. The minimum atomic E-state index is -0.832. The van der Waals surface area contributed by atoms with Crippen LogP contribution in [-0.2, 0) is 19.3 Å². The maximum absolute atomic E-state index is 14.9. The second kappa shape index (κ2) is 13.7. The number of benzene rings is 1. The van der Waals surface area contributed by atoms with Crippen molar-refractivity contribution >= 4 is 0 Å². The fourth-order valence-corrected chi connectivity index (χ4v) is 4.82. The molecule has 0 amide bonds. The second-order valence-corrected chi connectivity index (χ2v) is 9.59. The van der Waals surface area contributed by atoms with E-state index >= 15 is 0 Å². The standard InChI is InChI=1S/C29H41F2NO/c1-3-5-7-9-10-12-18-33-27-20-23-15-14-22(19-26(23)28(30)29(27)31)24-16-17-25(32-21-24)13-11-8-6-4-2/h16-17,20-22H,3-15,18-19H2,1-2H3. The van der Waals surface area contributed by atoms with Crippen molar-refractivity contribution in [3.63, 3.8) is 0 Å². The summed E-state index contributed by atoms with van der Waals surface area (Å²) < 4.78 is 35.3. The van der Waals surface area contributed by atoms with E-state index in [1.54, 1.807) is 6.07 Å². The average Bonchev–Trinajstić information content (AvgIpc) is 2.84. The highest BCUT2D eigenvalue weighted by molar-refractivity contribution is 5.41. The predicted octanol–water partition coefficient (Wildman–Crippen LogP) is 8.49. The molecule has 4 heteroatoms. The fraction of sp³-hybridized carbons (Fsp3) is 0.621. The minimum absolute atomic E-state index is 0.0763. The Hall–Kier alpha value is -1.97. The predicted molar refractivity (Wildman–Crippen MR) is 132 cm³/mol. The number of aryl methyl sites for hydroxylation is 2. The smallest absolute Gasteiger partial charge is 0.200 e. The number of aromatic nitrogens is 1. The Morgan fingerprint density at radius 2 is 1.64 bits per heavy atom. The van der Waals surface area contributed by atoms with Gasteiger partial charge in [-0.1, -0.05) is 71.3 Å². The Labute approximate surface area is 199 Å². The van der Waals surface area contributed by atoms with E-state index in [2.05, 4.69) is 31.0 Å². The van der Waals surface area contributed by atoms with Crippen LogP contribution in [-0.4, -0.2) is 11.6 Å². The van der Waals surface area contributed by atoms with Gasteiger partial charge in [0.1, 0.15) is 0 Å². The van der Waals surface area contributed by atoms with Gasteiger partial charge in [-0.15, -0.1) is 0 Å². The van der Waals surface area contributed by atoms with E-state index in [9.17, 15) is 8.78 Å². The van der Waals surface area contributed by atoms with Gasteiger partial charge < -0.3 is 4.74 Å². The quantitative estimate of drug-likeness (QED) is 0.265. The van der Waals surface area contributed by atoms with Gasteiger partial charge in [-0.3, -0.25) is 4.98 Å². The van der Waals surface area contributed by atoms with E-state index < -0.39 is 11.6 Å². The maximum Gasteiger partial charge on any atom is 0.200 e. The number of hydrogen-bond donors (Lipinski definition) is 0. The molecule has 1 aliphatic rings. The number of halogens is 2. The van der Waals surface area contributed by atoms with Gasteiger partial charge in [0.25, 0.3) is 0 Å². The third-order valence-corrected chi connectivity index (χ3v) is 6.94. The van der Waals surface area contributed by atoms with Crippen LogP contribution in [0.5, 0.6) is 5.75 Å². The summed E-state index contributed by atoms with van der Waals surface area (Å²) in [6.07, 6.45) is 16.9. The summed E-state index contributed by atoms with van der Waals surface area (Å²) in [5.74, 6) is -1.30. The SMILES string of the molecule is CCCCCCCCOc1cc2c(c(F)c1F)CC(c1ccc(CCCCCC)nc1)CC2. The number of rotatable bonds is 14. The van der Waals surface area contributed by atoms with Crippen molar-refractivity contribution in [3.8, 4) is 5.75 Å². The van der Waals surface area contributed by atoms with E-state index in [1.165, 1.54) is 51.4 Å². The summed E-state index contributed by atoms with van der Waals surface area (Å²) in [5.41, 5.74) is 3.65. The molecule has 0 spiro atoms. The van der Waals surface area contributed by atoms with Crippen molar-refractivity contribution < 1.29 is 13.5 Å². The van der Waals surface area contributed by atoms with Gasteiger partial charge in [0.2, 0.25) is 5.82 Å². The molecule has 2 aromatic rings. The fourth-order valence-electron chi connectivity index (χ4n) is 4.82. The Morgan fingerprint density at radius 1 is 0.909 bits per heavy atom. The Bertz CT molecular complexity index is 850. The monoisotopic (exact) mass is 457 g/mol. The molecule has 1 atom stereocenters. The largest absolute Gasteiger partial charge is 0.490 e. The van der Waals surface area contributed by atoms with Gasteiger partial charge in [0, 0.05) is 11.9 Å². The molecule has 182 valence electrons. The molecule has 0 radical (unpaired) electrons. The van der Waals surface area contributed by atoms with Crippen LogP contribution in [0.25, 0.3) is 0 Å². The molecule has 0 aliphatic heterocycles. The summed E-state index contributed by atoms with van der Waals surface area (Å²) >= 11 is 0. The topological polar surface area (TPSA) is 22.1 Å². The molecule has 0 fully saturated rings. The first-order valence-electron chi connectivity index (χ1n) is 13.2. The van der Waals surface area contributed by atoms with E-state index in [4.69, 9.17) is 4.74 Å². The molecule has 0 saturated heterocycles. The van der Waals surface area contributed by atoms with Gasteiger partial charge >= 0.3 is 0 Å². The lowest BCUT2D eigenvalue weighted by atomic mass is 9.80. The normalized spacial score (nSPS) is 15.5. The highest BCUT2D eigenvalue weighted by Gasteiger charge is 2.27. The highest BCUT2D eigenvalue weighted by atomic mass is 19.2. The molecule has 1 aliphatic carbocycles. The van der Waals surface area contributed by atoms with Crippen LogP contribution in [0.15, 0.2) is 24.4 Å².